The molecule has 1 radical (unpaired) electrons. The molecule has 0 aromatic heterocycles. The van der Waals surface area contributed by atoms with Crippen LogP contribution >= 0.6 is 0 Å². The van der Waals surface area contributed by atoms with Crippen molar-refractivity contribution >= 4 is 31.6 Å². The van der Waals surface area contributed by atoms with Crippen LogP contribution in [0, 0.1) is 19.4 Å². The molecule has 3 rings (SSSR count). The second kappa shape index (κ2) is 14.0. The van der Waals surface area contributed by atoms with Crippen LogP contribution in [0.4, 0.5) is 0 Å². The Labute approximate surface area is 192 Å². The van der Waals surface area contributed by atoms with Crippen LogP contribution < -0.4 is 0 Å². The molecular weight excluding hydrogens is 519 g/mol. The number of nitrogens with zero attached hydrogens (tertiary/aromatic N) is 2. The molecule has 0 fully saturated rings. The van der Waals surface area contributed by atoms with Gasteiger partial charge in [0, 0.05) is 17.1 Å². The molecule has 0 bridgehead atoms. The van der Waals surface area contributed by atoms with E-state index < -0.39 is 19.8 Å². The Morgan fingerprint density at radius 3 is 1.41 bits per heavy atom. The van der Waals surface area contributed by atoms with Gasteiger partial charge in [-0.1, -0.05) is 11.1 Å². The molecule has 0 amide bonds. The molecule has 8 heteroatoms. The standard InChI is InChI=1S/C16H19N2O2.2CO.3CH3.Fe.Sn/c1-15(2)9-19-13(17-15)11-6-5-7-12(8-11)14-18-16(3,4)10-20-14;2*1-2;;;;;/h5-7H,9-10H2,1-4H3;;;3*1H3;;/q-1;;;;;;;. The number of hydrogen-bond acceptors (Lipinski definition) is 4. The van der Waals surface area contributed by atoms with Crippen LogP contribution in [0.15, 0.2) is 28.2 Å². The van der Waals surface area contributed by atoms with Gasteiger partial charge >= 0.3 is 57.2 Å². The minimum Gasteiger partial charge on any atom is 0 e. The van der Waals surface area contributed by atoms with Crippen molar-refractivity contribution < 1.29 is 35.8 Å². The Hall–Kier alpha value is -1.04. The van der Waals surface area contributed by atoms with Crippen LogP contribution in [0.1, 0.15) is 38.8 Å². The van der Waals surface area contributed by atoms with Gasteiger partial charge in [-0.15, -0.1) is 24.3 Å². The summed E-state index contributed by atoms with van der Waals surface area (Å²) in [6.07, 6.45) is 0. The monoisotopic (exact) mass is 548 g/mol. The average Bonchev–Trinajstić information content (AvgIpc) is 3.20. The summed E-state index contributed by atoms with van der Waals surface area (Å²) in [5.74, 6) is 1.30. The quantitative estimate of drug-likeness (QED) is 0.320. The predicted molar refractivity (Wildman–Crippen MR) is 110 cm³/mol. The van der Waals surface area contributed by atoms with Gasteiger partial charge in [0.15, 0.2) is 0 Å². The number of aliphatic imine (C=N–C) groups is 2. The first-order chi connectivity index (χ1) is 13.1. The Kier molecular flexibility index (Phi) is 14.6. The summed E-state index contributed by atoms with van der Waals surface area (Å²) >= 11 is -0.543. The molecule has 0 N–H and O–H groups in total. The predicted octanol–water partition coefficient (Wildman–Crippen LogP) is 3.89. The summed E-state index contributed by atoms with van der Waals surface area (Å²) < 4.78 is 26.3. The van der Waals surface area contributed by atoms with Crippen molar-refractivity contribution in [1.29, 1.82) is 0 Å². The van der Waals surface area contributed by atoms with Gasteiger partial charge in [-0.05, 0) is 27.7 Å². The summed E-state index contributed by atoms with van der Waals surface area (Å²) in [4.78, 5) is 16.2. The van der Waals surface area contributed by atoms with E-state index in [-0.39, 0.29) is 28.1 Å². The molecule has 1 aromatic carbocycles. The van der Waals surface area contributed by atoms with Crippen LogP contribution in [0.5, 0.6) is 0 Å². The maximum absolute atomic E-state index is 7.50. The van der Waals surface area contributed by atoms with E-state index in [2.05, 4.69) is 71.9 Å². The van der Waals surface area contributed by atoms with E-state index in [1.54, 1.807) is 0 Å². The molecule has 2 aliphatic rings. The van der Waals surface area contributed by atoms with Crippen LogP contribution in [-0.2, 0) is 35.8 Å². The van der Waals surface area contributed by atoms with Crippen LogP contribution in [0.2, 0.25) is 14.8 Å². The molecule has 0 aliphatic carbocycles. The van der Waals surface area contributed by atoms with Gasteiger partial charge < -0.3 is 9.47 Å². The molecule has 159 valence electrons. The first-order valence-corrected chi connectivity index (χ1v) is 17.3. The SMILES string of the molecule is CC1(C)COC(c2[c-]c(C3=NC(C)(C)CO3)ccc2)=N1.[C-]#[O+].[C-]#[O+].[CH3][Sn]([CH3])[CH3].[Fe]. The average molecular weight is 547 g/mol. The zero-order valence-corrected chi connectivity index (χ0v) is 22.0. The second-order valence-electron chi connectivity index (χ2n) is 8.01. The van der Waals surface area contributed by atoms with Gasteiger partial charge in [-0.25, -0.2) is 0 Å². The molecule has 0 saturated heterocycles. The third-order valence-corrected chi connectivity index (χ3v) is 3.19. The normalized spacial score (nSPS) is 17.1. The zero-order chi connectivity index (χ0) is 22.0. The van der Waals surface area contributed by atoms with Gasteiger partial charge in [0.25, 0.3) is 0 Å². The summed E-state index contributed by atoms with van der Waals surface area (Å²) in [6, 6.07) is 9.14. The van der Waals surface area contributed by atoms with Crippen LogP contribution in [-0.4, -0.2) is 55.8 Å². The fraction of sp³-hybridized carbons (Fsp3) is 0.524. The van der Waals surface area contributed by atoms with Crippen LogP contribution in [0.3, 0.4) is 0 Å². The third-order valence-electron chi connectivity index (χ3n) is 3.19. The van der Waals surface area contributed by atoms with Crippen molar-refractivity contribution in [2.75, 3.05) is 13.2 Å². The van der Waals surface area contributed by atoms with E-state index in [1.807, 2.05) is 18.2 Å². The first kappa shape index (κ1) is 30.2. The van der Waals surface area contributed by atoms with Crippen molar-refractivity contribution in [2.45, 2.75) is 53.6 Å². The van der Waals surface area contributed by atoms with E-state index in [0.29, 0.717) is 25.0 Å². The molecule has 2 heterocycles. The molecular formula is C21H28FeN2O4Sn-. The molecule has 29 heavy (non-hydrogen) atoms. The Bertz CT molecular complexity index is 682. The van der Waals surface area contributed by atoms with Gasteiger partial charge in [0.2, 0.25) is 0 Å². The molecule has 1 aromatic rings. The fourth-order valence-electron chi connectivity index (χ4n) is 2.16. The van der Waals surface area contributed by atoms with Gasteiger partial charge in [-0.2, -0.15) is 0 Å². The van der Waals surface area contributed by atoms with Gasteiger partial charge in [0.05, 0.1) is 11.1 Å². The summed E-state index contributed by atoms with van der Waals surface area (Å²) in [6.45, 7) is 18.4. The first-order valence-electron chi connectivity index (χ1n) is 8.74. The molecule has 2 aliphatic heterocycles. The zero-order valence-electron chi connectivity index (χ0n) is 18.0. The number of hydrogen-bond donors (Lipinski definition) is 0. The van der Waals surface area contributed by atoms with Gasteiger partial charge in [0.1, 0.15) is 25.0 Å². The Morgan fingerprint density at radius 1 is 0.862 bits per heavy atom. The van der Waals surface area contributed by atoms with E-state index in [9.17, 15) is 0 Å². The summed E-state index contributed by atoms with van der Waals surface area (Å²) in [7, 11) is 0. The van der Waals surface area contributed by atoms with Crippen molar-refractivity contribution in [2.24, 2.45) is 9.98 Å². The van der Waals surface area contributed by atoms with E-state index in [0.717, 1.165) is 11.1 Å². The minimum atomic E-state index is -0.543. The number of benzene rings is 1. The van der Waals surface area contributed by atoms with E-state index >= 15 is 0 Å². The van der Waals surface area contributed by atoms with Gasteiger partial charge in [-0.3, -0.25) is 9.98 Å². The minimum absolute atomic E-state index is 0. The van der Waals surface area contributed by atoms with Crippen molar-refractivity contribution in [3.63, 3.8) is 0 Å². The van der Waals surface area contributed by atoms with Crippen LogP contribution in [0.25, 0.3) is 0 Å². The van der Waals surface area contributed by atoms with E-state index in [4.69, 9.17) is 18.8 Å². The number of rotatable bonds is 2. The maximum atomic E-state index is 7.50. The van der Waals surface area contributed by atoms with Crippen molar-refractivity contribution in [3.05, 3.63) is 48.7 Å². The van der Waals surface area contributed by atoms with Crippen molar-refractivity contribution in [3.8, 4) is 0 Å². The maximum Gasteiger partial charge on any atom is 0 e. The molecule has 0 spiro atoms. The Balaban J connectivity index is 0. The smallest absolute Gasteiger partial charge is 0 e. The molecule has 0 atom stereocenters. The number of ether oxygens (including phenoxy) is 2. The third kappa shape index (κ3) is 11.1. The summed E-state index contributed by atoms with van der Waals surface area (Å²) in [5, 5.41) is 0. The fourth-order valence-corrected chi connectivity index (χ4v) is 2.16. The topological polar surface area (TPSA) is 83.0 Å². The molecule has 6 nitrogen and oxygen atoms in total. The Morgan fingerprint density at radius 2 is 1.17 bits per heavy atom. The van der Waals surface area contributed by atoms with E-state index in [1.165, 1.54) is 0 Å². The van der Waals surface area contributed by atoms with Crippen molar-refractivity contribution in [1.82, 2.24) is 0 Å². The summed E-state index contributed by atoms with van der Waals surface area (Å²) in [5.41, 5.74) is 1.37. The molecule has 0 unspecified atom stereocenters. The largest absolute Gasteiger partial charge is 0 e. The molecule has 0 saturated carbocycles. The second-order valence-corrected chi connectivity index (χ2v) is 16.6.